The quantitative estimate of drug-likeness (QED) is 0.771. The zero-order chi connectivity index (χ0) is 20.6. The molecule has 2 aromatic rings. The number of hydrogen-bond donors (Lipinski definition) is 2. The second-order valence-electron chi connectivity index (χ2n) is 7.97. The summed E-state index contributed by atoms with van der Waals surface area (Å²) in [6.45, 7) is 4.82. The van der Waals surface area contributed by atoms with Crippen LogP contribution in [0.1, 0.15) is 39.5 Å². The van der Waals surface area contributed by atoms with E-state index in [0.29, 0.717) is 21.7 Å². The van der Waals surface area contributed by atoms with Crippen molar-refractivity contribution in [3.05, 3.63) is 23.2 Å². The Morgan fingerprint density at radius 3 is 2.59 bits per heavy atom. The molecule has 1 spiro atoms. The van der Waals surface area contributed by atoms with Gasteiger partial charge in [-0.25, -0.2) is 0 Å². The molecule has 1 aromatic carbocycles. The van der Waals surface area contributed by atoms with E-state index in [4.69, 9.17) is 16.0 Å². The summed E-state index contributed by atoms with van der Waals surface area (Å²) < 4.78 is 5.68. The summed E-state index contributed by atoms with van der Waals surface area (Å²) in [5.41, 5.74) is 1.56. The number of carbonyl (C=O) groups excluding carboxylic acids is 2. The maximum atomic E-state index is 12.7. The van der Waals surface area contributed by atoms with E-state index in [-0.39, 0.29) is 23.7 Å². The van der Waals surface area contributed by atoms with Crippen LogP contribution in [0.15, 0.2) is 22.6 Å². The number of likely N-dealkylation sites (tertiary alicyclic amines) is 1. The number of piperidine rings is 1. The van der Waals surface area contributed by atoms with Gasteiger partial charge >= 0.3 is 6.01 Å². The number of nitrogens with one attached hydrogen (secondary N) is 2. The van der Waals surface area contributed by atoms with Crippen LogP contribution in [0.4, 0.5) is 11.7 Å². The zero-order valence-electron chi connectivity index (χ0n) is 16.5. The van der Waals surface area contributed by atoms with Crippen molar-refractivity contribution in [2.45, 2.75) is 45.6 Å². The number of aromatic nitrogens is 2. The average Bonchev–Trinajstić information content (AvgIpc) is 3.27. The fourth-order valence-electron chi connectivity index (χ4n) is 3.79. The van der Waals surface area contributed by atoms with Crippen LogP contribution in [0, 0.1) is 5.41 Å². The number of carbonyl (C=O) groups is 2. The summed E-state index contributed by atoms with van der Waals surface area (Å²) >= 11 is 6.02. The van der Waals surface area contributed by atoms with Gasteiger partial charge in [0.2, 0.25) is 11.8 Å². The number of anilines is 2. The Balaban J connectivity index is 1.43. The summed E-state index contributed by atoms with van der Waals surface area (Å²) in [4.78, 5) is 26.1. The molecule has 1 atom stereocenters. The van der Waals surface area contributed by atoms with Gasteiger partial charge in [-0.1, -0.05) is 16.7 Å². The second-order valence-corrected chi connectivity index (χ2v) is 8.41. The maximum absolute atomic E-state index is 12.7. The first-order valence-corrected chi connectivity index (χ1v) is 10.2. The molecule has 2 N–H and O–H groups in total. The van der Waals surface area contributed by atoms with Gasteiger partial charge in [0.15, 0.2) is 0 Å². The largest absolute Gasteiger partial charge is 0.403 e. The summed E-state index contributed by atoms with van der Waals surface area (Å²) in [7, 11) is 0. The lowest BCUT2D eigenvalue weighted by molar-refractivity contribution is -0.133. The first-order chi connectivity index (χ1) is 13.8. The number of halogens is 1. The third-order valence-corrected chi connectivity index (χ3v) is 5.99. The van der Waals surface area contributed by atoms with Crippen molar-refractivity contribution in [3.8, 4) is 11.5 Å². The number of rotatable bonds is 5. The molecule has 2 heterocycles. The SMILES string of the molecule is CC(=O)Nc1cc(Cl)ccc1-c1nnc(N[C@@H](C)C(=O)N2CCC3(CC2)CC3)o1. The Kier molecular flexibility index (Phi) is 5.21. The second kappa shape index (κ2) is 7.67. The van der Waals surface area contributed by atoms with Crippen molar-refractivity contribution in [1.82, 2.24) is 15.1 Å². The highest BCUT2D eigenvalue weighted by atomic mass is 35.5. The Morgan fingerprint density at radius 2 is 1.93 bits per heavy atom. The van der Waals surface area contributed by atoms with Crippen LogP contribution >= 0.6 is 11.6 Å². The standard InChI is InChI=1S/C20H24ClN5O3/c1-12(18(28)26-9-7-20(5-6-20)8-10-26)22-19-25-24-17(29-19)15-4-3-14(21)11-16(15)23-13(2)27/h3-4,11-12H,5-10H2,1-2H3,(H,22,25)(H,23,27)/t12-/m0/s1. The van der Waals surface area contributed by atoms with E-state index in [1.807, 2.05) is 4.90 Å². The van der Waals surface area contributed by atoms with Crippen LogP contribution in [0.3, 0.4) is 0 Å². The number of hydrogen-bond acceptors (Lipinski definition) is 6. The molecule has 1 saturated heterocycles. The Bertz CT molecular complexity index is 930. The Morgan fingerprint density at radius 1 is 1.21 bits per heavy atom. The summed E-state index contributed by atoms with van der Waals surface area (Å²) in [5.74, 6) is 0.0204. The highest BCUT2D eigenvalue weighted by Gasteiger charge is 2.45. The van der Waals surface area contributed by atoms with E-state index >= 15 is 0 Å². The van der Waals surface area contributed by atoms with Crippen molar-refractivity contribution in [2.24, 2.45) is 5.41 Å². The molecule has 1 aliphatic heterocycles. The van der Waals surface area contributed by atoms with Gasteiger partial charge in [0.05, 0.1) is 11.3 Å². The minimum absolute atomic E-state index is 0.0330. The average molecular weight is 418 g/mol. The molecule has 4 rings (SSSR count). The van der Waals surface area contributed by atoms with E-state index in [1.165, 1.54) is 19.8 Å². The van der Waals surface area contributed by atoms with Crippen molar-refractivity contribution < 1.29 is 14.0 Å². The number of nitrogens with zero attached hydrogens (tertiary/aromatic N) is 3. The molecule has 154 valence electrons. The lowest BCUT2D eigenvalue weighted by atomic mass is 9.93. The van der Waals surface area contributed by atoms with E-state index in [1.54, 1.807) is 25.1 Å². The zero-order valence-corrected chi connectivity index (χ0v) is 17.3. The first kappa shape index (κ1) is 19.7. The molecule has 2 amide bonds. The van der Waals surface area contributed by atoms with Gasteiger partial charge in [-0.3, -0.25) is 9.59 Å². The van der Waals surface area contributed by atoms with Crippen LogP contribution < -0.4 is 10.6 Å². The van der Waals surface area contributed by atoms with Crippen molar-refractivity contribution in [3.63, 3.8) is 0 Å². The lowest BCUT2D eigenvalue weighted by Gasteiger charge is -2.33. The van der Waals surface area contributed by atoms with E-state index in [0.717, 1.165) is 25.9 Å². The minimum Gasteiger partial charge on any atom is -0.403 e. The van der Waals surface area contributed by atoms with Crippen LogP contribution in [-0.2, 0) is 9.59 Å². The molecule has 0 bridgehead atoms. The normalized spacial score (nSPS) is 18.4. The molecule has 9 heteroatoms. The summed E-state index contributed by atoms with van der Waals surface area (Å²) in [6.07, 6.45) is 4.80. The molecule has 29 heavy (non-hydrogen) atoms. The number of amides is 2. The van der Waals surface area contributed by atoms with E-state index in [9.17, 15) is 9.59 Å². The molecule has 8 nitrogen and oxygen atoms in total. The maximum Gasteiger partial charge on any atom is 0.316 e. The smallest absolute Gasteiger partial charge is 0.316 e. The fourth-order valence-corrected chi connectivity index (χ4v) is 3.96. The third-order valence-electron chi connectivity index (χ3n) is 5.75. The molecule has 0 radical (unpaired) electrons. The van der Waals surface area contributed by atoms with E-state index in [2.05, 4.69) is 20.8 Å². The first-order valence-electron chi connectivity index (χ1n) is 9.82. The van der Waals surface area contributed by atoms with Gasteiger partial charge in [0.25, 0.3) is 5.89 Å². The Labute approximate surface area is 174 Å². The molecule has 2 aliphatic rings. The third kappa shape index (κ3) is 4.37. The van der Waals surface area contributed by atoms with Crippen molar-refractivity contribution in [1.29, 1.82) is 0 Å². The molecule has 1 saturated carbocycles. The predicted octanol–water partition coefficient (Wildman–Crippen LogP) is 3.55. The van der Waals surface area contributed by atoms with Crippen LogP contribution in [0.2, 0.25) is 5.02 Å². The van der Waals surface area contributed by atoms with Crippen molar-refractivity contribution >= 4 is 35.1 Å². The molecule has 0 unspecified atom stereocenters. The highest BCUT2D eigenvalue weighted by molar-refractivity contribution is 6.31. The Hall–Kier alpha value is -2.61. The van der Waals surface area contributed by atoms with Crippen LogP contribution in [0.5, 0.6) is 0 Å². The van der Waals surface area contributed by atoms with Gasteiger partial charge < -0.3 is 20.0 Å². The van der Waals surface area contributed by atoms with Gasteiger partial charge in [-0.2, -0.15) is 0 Å². The molecule has 1 aromatic heterocycles. The predicted molar refractivity (Wildman–Crippen MR) is 110 cm³/mol. The molecule has 1 aliphatic carbocycles. The van der Waals surface area contributed by atoms with Crippen LogP contribution in [0.25, 0.3) is 11.5 Å². The summed E-state index contributed by atoms with van der Waals surface area (Å²) in [6, 6.07) is 4.66. The van der Waals surface area contributed by atoms with Gasteiger partial charge in [0.1, 0.15) is 6.04 Å². The van der Waals surface area contributed by atoms with Gasteiger partial charge in [-0.15, -0.1) is 5.10 Å². The summed E-state index contributed by atoms with van der Waals surface area (Å²) in [5, 5.41) is 14.2. The van der Waals surface area contributed by atoms with Gasteiger partial charge in [-0.05, 0) is 56.2 Å². The molecular formula is C20H24ClN5O3. The highest BCUT2D eigenvalue weighted by Crippen LogP contribution is 2.53. The fraction of sp³-hybridized carbons (Fsp3) is 0.500. The van der Waals surface area contributed by atoms with Crippen molar-refractivity contribution in [2.75, 3.05) is 23.7 Å². The van der Waals surface area contributed by atoms with E-state index < -0.39 is 6.04 Å². The van der Waals surface area contributed by atoms with Crippen LogP contribution in [-0.4, -0.2) is 46.0 Å². The molecule has 2 fully saturated rings. The topological polar surface area (TPSA) is 100 Å². The number of benzene rings is 1. The monoisotopic (exact) mass is 417 g/mol. The van der Waals surface area contributed by atoms with Gasteiger partial charge in [0, 0.05) is 25.0 Å². The molecular weight excluding hydrogens is 394 g/mol. The lowest BCUT2D eigenvalue weighted by Crippen LogP contribution is -2.45. The minimum atomic E-state index is -0.475.